The van der Waals surface area contributed by atoms with Gasteiger partial charge in [-0.1, -0.05) is 27.2 Å². The van der Waals surface area contributed by atoms with E-state index in [0.717, 1.165) is 51.1 Å². The molecule has 3 aromatic rings. The molecule has 3 aromatic carbocycles. The number of hydrogen-bond acceptors (Lipinski definition) is 5. The molecule has 0 atom stereocenters. The molecule has 0 radical (unpaired) electrons. The van der Waals surface area contributed by atoms with Gasteiger partial charge in [0.2, 0.25) is 0 Å². The lowest BCUT2D eigenvalue weighted by Crippen LogP contribution is -2.38. The highest BCUT2D eigenvalue weighted by atomic mass is 19.1. The molecule has 1 heterocycles. The Kier molecular flexibility index (Phi) is 11.8. The smallest absolute Gasteiger partial charge is 0.319 e. The minimum Gasteiger partial charge on any atom is -0.490 e. The highest BCUT2D eigenvalue weighted by molar-refractivity contribution is 6.04. The zero-order chi connectivity index (χ0) is 30.6. The maximum atomic E-state index is 14.6. The summed E-state index contributed by atoms with van der Waals surface area (Å²) in [6, 6.07) is 17.9. The predicted molar refractivity (Wildman–Crippen MR) is 169 cm³/mol. The zero-order valence-electron chi connectivity index (χ0n) is 25.3. The number of carbonyl (C=O) groups excluding carboxylic acids is 2. The van der Waals surface area contributed by atoms with Crippen LogP contribution in [0.2, 0.25) is 0 Å². The summed E-state index contributed by atoms with van der Waals surface area (Å²) >= 11 is 0. The van der Waals surface area contributed by atoms with Gasteiger partial charge < -0.3 is 30.3 Å². The van der Waals surface area contributed by atoms with Crippen LogP contribution in [0.3, 0.4) is 0 Å². The van der Waals surface area contributed by atoms with Gasteiger partial charge in [0.05, 0.1) is 5.69 Å². The van der Waals surface area contributed by atoms with Gasteiger partial charge in [-0.2, -0.15) is 0 Å². The zero-order valence-corrected chi connectivity index (χ0v) is 25.3. The lowest BCUT2D eigenvalue weighted by molar-refractivity contribution is 0.0996. The topological polar surface area (TPSA) is 91.9 Å². The monoisotopic (exact) mass is 590 g/mol. The van der Waals surface area contributed by atoms with E-state index < -0.39 is 11.8 Å². The first kappa shape index (κ1) is 31.8. The maximum Gasteiger partial charge on any atom is 0.319 e. The molecule has 1 saturated heterocycles. The number of amides is 3. The number of nitrogens with zero attached hydrogens (tertiary/aromatic N) is 1. The lowest BCUT2D eigenvalue weighted by Gasteiger charge is -2.32. The molecule has 3 amide bonds. The molecule has 1 aliphatic heterocycles. The number of piperidine rings is 1. The molecule has 0 spiro atoms. The summed E-state index contributed by atoms with van der Waals surface area (Å²) in [5.74, 6) is 0.690. The van der Waals surface area contributed by atoms with Crippen LogP contribution in [0, 0.1) is 5.82 Å². The normalized spacial score (nSPS) is 13.9. The van der Waals surface area contributed by atoms with Crippen LogP contribution in [0.15, 0.2) is 66.7 Å². The Morgan fingerprint density at radius 1 is 0.884 bits per heavy atom. The summed E-state index contributed by atoms with van der Waals surface area (Å²) in [7, 11) is 0. The summed E-state index contributed by atoms with van der Waals surface area (Å²) in [4.78, 5) is 27.4. The van der Waals surface area contributed by atoms with E-state index in [9.17, 15) is 14.0 Å². The summed E-state index contributed by atoms with van der Waals surface area (Å²) in [5, 5.41) is 8.23. The van der Waals surface area contributed by atoms with Crippen LogP contribution in [0.25, 0.3) is 0 Å². The van der Waals surface area contributed by atoms with E-state index in [2.05, 4.69) is 27.8 Å². The van der Waals surface area contributed by atoms with Crippen LogP contribution in [-0.4, -0.2) is 48.6 Å². The Labute approximate surface area is 254 Å². The Morgan fingerprint density at radius 3 is 2.16 bits per heavy atom. The van der Waals surface area contributed by atoms with Gasteiger partial charge in [-0.3, -0.25) is 4.79 Å². The van der Waals surface area contributed by atoms with Crippen molar-refractivity contribution >= 4 is 23.3 Å². The third kappa shape index (κ3) is 9.71. The molecule has 0 bridgehead atoms. The van der Waals surface area contributed by atoms with E-state index in [0.29, 0.717) is 17.0 Å². The standard InChI is InChI=1S/C34H43FN4O4/c1-4-7-20-39-21-18-29(19-22-39)42-27-12-8-24(9-13-27)33(40)36-26-10-14-28(15-11-26)43-30-16-17-32(31(35)23-30)38-34(41)37-25(5-2)6-3/h8-17,23,25,29H,4-7,18-22H2,1-3H3,(H,36,40)(H2,37,38,41). The highest BCUT2D eigenvalue weighted by Gasteiger charge is 2.20. The number of hydrogen-bond donors (Lipinski definition) is 3. The van der Waals surface area contributed by atoms with Crippen LogP contribution in [0.4, 0.5) is 20.6 Å². The number of carbonyl (C=O) groups is 2. The molecule has 0 aromatic heterocycles. The van der Waals surface area contributed by atoms with Crippen LogP contribution in [0.1, 0.15) is 69.7 Å². The van der Waals surface area contributed by atoms with Crippen LogP contribution >= 0.6 is 0 Å². The number of rotatable bonds is 13. The van der Waals surface area contributed by atoms with Crippen LogP contribution in [-0.2, 0) is 0 Å². The highest BCUT2D eigenvalue weighted by Crippen LogP contribution is 2.27. The molecule has 230 valence electrons. The molecule has 43 heavy (non-hydrogen) atoms. The van der Waals surface area contributed by atoms with Crippen LogP contribution in [0.5, 0.6) is 17.2 Å². The second kappa shape index (κ2) is 15.9. The van der Waals surface area contributed by atoms with E-state index in [-0.39, 0.29) is 29.5 Å². The first-order chi connectivity index (χ1) is 20.9. The van der Waals surface area contributed by atoms with Crippen molar-refractivity contribution in [2.45, 2.75) is 71.4 Å². The Balaban J connectivity index is 1.24. The molecule has 1 aliphatic rings. The molecule has 4 rings (SSSR count). The third-order valence-corrected chi connectivity index (χ3v) is 7.64. The number of anilines is 2. The molecule has 0 unspecified atom stereocenters. The Hall–Kier alpha value is -4.11. The van der Waals surface area contributed by atoms with Gasteiger partial charge in [-0.25, -0.2) is 9.18 Å². The molecule has 0 saturated carbocycles. The van der Waals surface area contributed by atoms with Gasteiger partial charge in [-0.15, -0.1) is 0 Å². The van der Waals surface area contributed by atoms with E-state index in [1.54, 1.807) is 42.5 Å². The first-order valence-electron chi connectivity index (χ1n) is 15.3. The van der Waals surface area contributed by atoms with Gasteiger partial charge >= 0.3 is 6.03 Å². The minimum atomic E-state index is -0.606. The van der Waals surface area contributed by atoms with Crippen molar-refractivity contribution in [3.05, 3.63) is 78.1 Å². The number of benzene rings is 3. The number of halogens is 1. The average molecular weight is 591 g/mol. The average Bonchev–Trinajstić information content (AvgIpc) is 3.02. The van der Waals surface area contributed by atoms with E-state index in [4.69, 9.17) is 9.47 Å². The van der Waals surface area contributed by atoms with Crippen molar-refractivity contribution in [3.8, 4) is 17.2 Å². The Morgan fingerprint density at radius 2 is 1.53 bits per heavy atom. The van der Waals surface area contributed by atoms with Gasteiger partial charge in [0, 0.05) is 36.4 Å². The minimum absolute atomic E-state index is 0.0341. The quantitative estimate of drug-likeness (QED) is 0.189. The van der Waals surface area contributed by atoms with Crippen molar-refractivity contribution in [2.24, 2.45) is 0 Å². The molecule has 0 aliphatic carbocycles. The van der Waals surface area contributed by atoms with Crippen molar-refractivity contribution in [1.82, 2.24) is 10.2 Å². The molecule has 3 N–H and O–H groups in total. The predicted octanol–water partition coefficient (Wildman–Crippen LogP) is 7.82. The van der Waals surface area contributed by atoms with Crippen molar-refractivity contribution in [3.63, 3.8) is 0 Å². The molecular weight excluding hydrogens is 547 g/mol. The lowest BCUT2D eigenvalue weighted by atomic mass is 10.1. The van der Waals surface area contributed by atoms with Crippen molar-refractivity contribution in [1.29, 1.82) is 0 Å². The summed E-state index contributed by atoms with van der Waals surface area (Å²) in [6.45, 7) is 9.47. The molecular formula is C34H43FN4O4. The molecule has 8 nitrogen and oxygen atoms in total. The fourth-order valence-electron chi connectivity index (χ4n) is 4.95. The largest absolute Gasteiger partial charge is 0.490 e. The van der Waals surface area contributed by atoms with Gasteiger partial charge in [0.1, 0.15) is 29.2 Å². The number of nitrogens with one attached hydrogen (secondary N) is 3. The number of urea groups is 1. The van der Waals surface area contributed by atoms with Gasteiger partial charge in [-0.05, 0) is 99.3 Å². The second-order valence-electron chi connectivity index (χ2n) is 10.9. The molecule has 9 heteroatoms. The summed E-state index contributed by atoms with van der Waals surface area (Å²) < 4.78 is 26.5. The molecule has 1 fully saturated rings. The first-order valence-corrected chi connectivity index (χ1v) is 15.3. The van der Waals surface area contributed by atoms with E-state index in [1.807, 2.05) is 26.0 Å². The number of ether oxygens (including phenoxy) is 2. The summed E-state index contributed by atoms with van der Waals surface area (Å²) in [5.41, 5.74) is 1.19. The van der Waals surface area contributed by atoms with Crippen molar-refractivity contribution < 1.29 is 23.5 Å². The van der Waals surface area contributed by atoms with Crippen LogP contribution < -0.4 is 25.4 Å². The number of likely N-dealkylation sites (tertiary alicyclic amines) is 1. The fraction of sp³-hybridized carbons (Fsp3) is 0.412. The van der Waals surface area contributed by atoms with Crippen molar-refractivity contribution in [2.75, 3.05) is 30.3 Å². The van der Waals surface area contributed by atoms with E-state index in [1.165, 1.54) is 25.0 Å². The Bertz CT molecular complexity index is 1320. The van der Waals surface area contributed by atoms with Gasteiger partial charge in [0.25, 0.3) is 5.91 Å². The fourth-order valence-corrected chi connectivity index (χ4v) is 4.95. The SMILES string of the molecule is CCCCN1CCC(Oc2ccc(C(=O)Nc3ccc(Oc4ccc(NC(=O)NC(CC)CC)c(F)c4)cc3)cc2)CC1. The second-order valence-corrected chi connectivity index (χ2v) is 10.9. The third-order valence-electron chi connectivity index (χ3n) is 7.64. The summed E-state index contributed by atoms with van der Waals surface area (Å²) in [6.07, 6.45) is 6.28. The number of unbranched alkanes of at least 4 members (excludes halogenated alkanes) is 1. The van der Waals surface area contributed by atoms with Gasteiger partial charge in [0.15, 0.2) is 0 Å². The van der Waals surface area contributed by atoms with E-state index >= 15 is 0 Å². The maximum absolute atomic E-state index is 14.6.